The highest BCUT2D eigenvalue weighted by Gasteiger charge is 2.22. The van der Waals surface area contributed by atoms with Gasteiger partial charge in [0.25, 0.3) is 5.91 Å². The summed E-state index contributed by atoms with van der Waals surface area (Å²) in [4.78, 5) is 13.0. The number of methoxy groups -OCH3 is 1. The molecule has 0 spiro atoms. The normalized spacial score (nSPS) is 11.3. The lowest BCUT2D eigenvalue weighted by Crippen LogP contribution is -2.27. The molecule has 8 heteroatoms. The van der Waals surface area contributed by atoms with Gasteiger partial charge in [-0.3, -0.25) is 4.79 Å². The third kappa shape index (κ3) is 6.12. The molecule has 0 radical (unpaired) electrons. The number of hydrogen-bond donors (Lipinski definition) is 1. The van der Waals surface area contributed by atoms with Crippen molar-refractivity contribution in [2.45, 2.75) is 24.9 Å². The van der Waals surface area contributed by atoms with Gasteiger partial charge in [0.2, 0.25) is 10.0 Å². The molecule has 0 fully saturated rings. The molecule has 0 aliphatic heterocycles. The summed E-state index contributed by atoms with van der Waals surface area (Å²) in [5.41, 5.74) is 1.97. The van der Waals surface area contributed by atoms with E-state index in [4.69, 9.17) is 9.47 Å². The SMILES string of the molecule is CCOc1ccc(C(=O)NCc2ccc(OC)cc2)cc1CN(C)S(=O)(=O)c1ccccc1. The molecule has 174 valence electrons. The van der Waals surface area contributed by atoms with Crippen molar-refractivity contribution in [2.75, 3.05) is 20.8 Å². The summed E-state index contributed by atoms with van der Waals surface area (Å²) in [6.45, 7) is 2.69. The summed E-state index contributed by atoms with van der Waals surface area (Å²) in [5, 5.41) is 2.89. The van der Waals surface area contributed by atoms with E-state index in [1.54, 1.807) is 55.6 Å². The number of ether oxygens (including phenoxy) is 2. The largest absolute Gasteiger partial charge is 0.497 e. The van der Waals surface area contributed by atoms with Crippen LogP contribution < -0.4 is 14.8 Å². The predicted octanol–water partition coefficient (Wildman–Crippen LogP) is 3.84. The molecule has 0 aliphatic rings. The molecule has 0 unspecified atom stereocenters. The van der Waals surface area contributed by atoms with Crippen molar-refractivity contribution in [1.29, 1.82) is 0 Å². The van der Waals surface area contributed by atoms with Crippen LogP contribution in [-0.4, -0.2) is 39.4 Å². The summed E-state index contributed by atoms with van der Waals surface area (Å²) < 4.78 is 37.9. The van der Waals surface area contributed by atoms with Gasteiger partial charge in [-0.25, -0.2) is 8.42 Å². The zero-order chi connectivity index (χ0) is 23.8. The predicted molar refractivity (Wildman–Crippen MR) is 127 cm³/mol. The molecule has 7 nitrogen and oxygen atoms in total. The Morgan fingerprint density at radius 1 is 1.00 bits per heavy atom. The van der Waals surface area contributed by atoms with E-state index in [0.29, 0.717) is 30.0 Å². The van der Waals surface area contributed by atoms with E-state index >= 15 is 0 Å². The monoisotopic (exact) mass is 468 g/mol. The second kappa shape index (κ2) is 11.0. The third-order valence-corrected chi connectivity index (χ3v) is 6.90. The van der Waals surface area contributed by atoms with Crippen LogP contribution in [0.2, 0.25) is 0 Å². The number of carbonyl (C=O) groups excluding carboxylic acids is 1. The van der Waals surface area contributed by atoms with Crippen LogP contribution in [0.5, 0.6) is 11.5 Å². The van der Waals surface area contributed by atoms with Crippen LogP contribution in [0.15, 0.2) is 77.7 Å². The van der Waals surface area contributed by atoms with Gasteiger partial charge >= 0.3 is 0 Å². The minimum atomic E-state index is -3.69. The van der Waals surface area contributed by atoms with Crippen LogP contribution in [0.4, 0.5) is 0 Å². The summed E-state index contributed by atoms with van der Waals surface area (Å²) in [6, 6.07) is 20.7. The molecule has 0 atom stereocenters. The van der Waals surface area contributed by atoms with E-state index < -0.39 is 10.0 Å². The number of amides is 1. The van der Waals surface area contributed by atoms with Gasteiger partial charge in [0.1, 0.15) is 11.5 Å². The van der Waals surface area contributed by atoms with E-state index in [-0.39, 0.29) is 17.3 Å². The maximum Gasteiger partial charge on any atom is 0.251 e. The number of carbonyl (C=O) groups is 1. The van der Waals surface area contributed by atoms with Crippen LogP contribution in [0, 0.1) is 0 Å². The summed E-state index contributed by atoms with van der Waals surface area (Å²) in [6.07, 6.45) is 0. The Hall–Kier alpha value is -3.36. The number of hydrogen-bond acceptors (Lipinski definition) is 5. The minimum Gasteiger partial charge on any atom is -0.497 e. The summed E-state index contributed by atoms with van der Waals surface area (Å²) in [5.74, 6) is 1.03. The fourth-order valence-electron chi connectivity index (χ4n) is 3.27. The van der Waals surface area contributed by atoms with Gasteiger partial charge < -0.3 is 14.8 Å². The van der Waals surface area contributed by atoms with Crippen molar-refractivity contribution in [3.63, 3.8) is 0 Å². The van der Waals surface area contributed by atoms with Crippen molar-refractivity contribution < 1.29 is 22.7 Å². The van der Waals surface area contributed by atoms with Gasteiger partial charge in [-0.15, -0.1) is 0 Å². The van der Waals surface area contributed by atoms with Gasteiger partial charge in [-0.05, 0) is 55.0 Å². The lowest BCUT2D eigenvalue weighted by molar-refractivity contribution is 0.0950. The Kier molecular flexibility index (Phi) is 8.08. The first-order valence-electron chi connectivity index (χ1n) is 10.5. The molecule has 3 rings (SSSR count). The lowest BCUT2D eigenvalue weighted by atomic mass is 10.1. The molecule has 3 aromatic rings. The van der Waals surface area contributed by atoms with E-state index in [0.717, 1.165) is 11.3 Å². The Balaban J connectivity index is 1.77. The average molecular weight is 469 g/mol. The van der Waals surface area contributed by atoms with Gasteiger partial charge in [0.05, 0.1) is 18.6 Å². The smallest absolute Gasteiger partial charge is 0.251 e. The number of benzene rings is 3. The van der Waals surface area contributed by atoms with Crippen molar-refractivity contribution in [2.24, 2.45) is 0 Å². The van der Waals surface area contributed by atoms with Crippen molar-refractivity contribution >= 4 is 15.9 Å². The molecular formula is C25H28N2O5S. The fraction of sp³-hybridized carbons (Fsp3) is 0.240. The molecule has 0 saturated heterocycles. The van der Waals surface area contributed by atoms with Crippen LogP contribution in [0.25, 0.3) is 0 Å². The van der Waals surface area contributed by atoms with Gasteiger partial charge in [0.15, 0.2) is 0 Å². The summed E-state index contributed by atoms with van der Waals surface area (Å²) in [7, 11) is -0.579. The Morgan fingerprint density at radius 2 is 1.70 bits per heavy atom. The molecule has 1 amide bonds. The van der Waals surface area contributed by atoms with Crippen LogP contribution in [-0.2, 0) is 23.1 Å². The molecule has 0 heterocycles. The maximum absolute atomic E-state index is 12.9. The van der Waals surface area contributed by atoms with Crippen LogP contribution in [0.3, 0.4) is 0 Å². The first-order valence-corrected chi connectivity index (χ1v) is 12.0. The van der Waals surface area contributed by atoms with Crippen LogP contribution >= 0.6 is 0 Å². The van der Waals surface area contributed by atoms with Gasteiger partial charge in [-0.2, -0.15) is 4.31 Å². The standard InChI is InChI=1S/C25H28N2O5S/c1-4-32-24-15-12-20(25(28)26-17-19-10-13-22(31-3)14-11-19)16-21(24)18-27(2)33(29,30)23-8-6-5-7-9-23/h5-16H,4,17-18H2,1-3H3,(H,26,28). The van der Waals surface area contributed by atoms with Gasteiger partial charge in [0, 0.05) is 31.3 Å². The van der Waals surface area contributed by atoms with E-state index in [1.165, 1.54) is 11.4 Å². The fourth-order valence-corrected chi connectivity index (χ4v) is 4.44. The maximum atomic E-state index is 12.9. The zero-order valence-corrected chi connectivity index (χ0v) is 19.8. The number of nitrogens with one attached hydrogen (secondary N) is 1. The molecule has 0 saturated carbocycles. The highest BCUT2D eigenvalue weighted by Crippen LogP contribution is 2.25. The summed E-state index contributed by atoms with van der Waals surface area (Å²) >= 11 is 0. The zero-order valence-electron chi connectivity index (χ0n) is 18.9. The molecule has 1 N–H and O–H groups in total. The molecule has 0 bridgehead atoms. The Morgan fingerprint density at radius 3 is 2.33 bits per heavy atom. The second-order valence-electron chi connectivity index (χ2n) is 7.36. The Labute approximate surface area is 195 Å². The van der Waals surface area contributed by atoms with E-state index in [2.05, 4.69) is 5.32 Å². The van der Waals surface area contributed by atoms with E-state index in [1.807, 2.05) is 31.2 Å². The average Bonchev–Trinajstić information content (AvgIpc) is 2.84. The second-order valence-corrected chi connectivity index (χ2v) is 9.41. The molecule has 0 aromatic heterocycles. The van der Waals surface area contributed by atoms with Crippen molar-refractivity contribution in [1.82, 2.24) is 9.62 Å². The van der Waals surface area contributed by atoms with Gasteiger partial charge in [-0.1, -0.05) is 30.3 Å². The topological polar surface area (TPSA) is 84.9 Å². The Bertz CT molecular complexity index is 1180. The highest BCUT2D eigenvalue weighted by atomic mass is 32.2. The highest BCUT2D eigenvalue weighted by molar-refractivity contribution is 7.89. The first kappa shape index (κ1) is 24.3. The van der Waals surface area contributed by atoms with Crippen molar-refractivity contribution in [3.05, 3.63) is 89.5 Å². The number of rotatable bonds is 10. The minimum absolute atomic E-state index is 0.0617. The lowest BCUT2D eigenvalue weighted by Gasteiger charge is -2.20. The van der Waals surface area contributed by atoms with Crippen LogP contribution in [0.1, 0.15) is 28.4 Å². The quantitative estimate of drug-likeness (QED) is 0.489. The number of sulfonamides is 1. The molecule has 0 aliphatic carbocycles. The molecule has 3 aromatic carbocycles. The molecular weight excluding hydrogens is 440 g/mol. The van der Waals surface area contributed by atoms with Crippen molar-refractivity contribution in [3.8, 4) is 11.5 Å². The number of nitrogens with zero attached hydrogens (tertiary/aromatic N) is 1. The first-order chi connectivity index (χ1) is 15.8. The third-order valence-electron chi connectivity index (χ3n) is 5.08. The molecule has 33 heavy (non-hydrogen) atoms. The van der Waals surface area contributed by atoms with E-state index in [9.17, 15) is 13.2 Å².